The summed E-state index contributed by atoms with van der Waals surface area (Å²) in [5.41, 5.74) is 1.23. The SMILES string of the molecule is O=C(CCNC(=O)c1cccs1)NCCc1cccc2ccccc12. The van der Waals surface area contributed by atoms with Gasteiger partial charge in [0.2, 0.25) is 5.91 Å². The fourth-order valence-corrected chi connectivity index (χ4v) is 3.36. The van der Waals surface area contributed by atoms with E-state index < -0.39 is 0 Å². The highest BCUT2D eigenvalue weighted by Crippen LogP contribution is 2.18. The van der Waals surface area contributed by atoms with E-state index in [1.165, 1.54) is 27.7 Å². The van der Waals surface area contributed by atoms with Crippen molar-refractivity contribution in [3.8, 4) is 0 Å². The van der Waals surface area contributed by atoms with E-state index in [-0.39, 0.29) is 18.2 Å². The number of hydrogen-bond donors (Lipinski definition) is 2. The van der Waals surface area contributed by atoms with Gasteiger partial charge in [-0.15, -0.1) is 11.3 Å². The van der Waals surface area contributed by atoms with Gasteiger partial charge in [0, 0.05) is 19.5 Å². The topological polar surface area (TPSA) is 58.2 Å². The molecular formula is C20H20N2O2S. The van der Waals surface area contributed by atoms with E-state index in [2.05, 4.69) is 34.9 Å². The van der Waals surface area contributed by atoms with Crippen molar-refractivity contribution in [2.24, 2.45) is 0 Å². The number of carbonyl (C=O) groups excluding carboxylic acids is 2. The molecule has 2 amide bonds. The van der Waals surface area contributed by atoms with E-state index in [0.29, 0.717) is 18.0 Å². The summed E-state index contributed by atoms with van der Waals surface area (Å²) in [5.74, 6) is -0.176. The van der Waals surface area contributed by atoms with Gasteiger partial charge in [0.15, 0.2) is 0 Å². The van der Waals surface area contributed by atoms with Crippen LogP contribution in [0.25, 0.3) is 10.8 Å². The lowest BCUT2D eigenvalue weighted by atomic mass is 10.0. The number of carbonyl (C=O) groups is 2. The first kappa shape index (κ1) is 17.2. The number of fused-ring (bicyclic) bond motifs is 1. The average Bonchev–Trinajstić information content (AvgIpc) is 3.17. The van der Waals surface area contributed by atoms with E-state index >= 15 is 0 Å². The average molecular weight is 352 g/mol. The molecule has 0 atom stereocenters. The summed E-state index contributed by atoms with van der Waals surface area (Å²) in [7, 11) is 0. The van der Waals surface area contributed by atoms with Crippen molar-refractivity contribution < 1.29 is 9.59 Å². The van der Waals surface area contributed by atoms with Crippen LogP contribution in [0.3, 0.4) is 0 Å². The molecule has 0 aliphatic rings. The van der Waals surface area contributed by atoms with Crippen molar-refractivity contribution in [3.05, 3.63) is 70.4 Å². The number of benzene rings is 2. The van der Waals surface area contributed by atoms with Gasteiger partial charge >= 0.3 is 0 Å². The van der Waals surface area contributed by atoms with Crippen LogP contribution in [-0.2, 0) is 11.2 Å². The van der Waals surface area contributed by atoms with Crippen LogP contribution in [0, 0.1) is 0 Å². The highest BCUT2D eigenvalue weighted by atomic mass is 32.1. The van der Waals surface area contributed by atoms with Crippen LogP contribution >= 0.6 is 11.3 Å². The van der Waals surface area contributed by atoms with Crippen LogP contribution in [0.15, 0.2) is 60.0 Å². The first-order chi connectivity index (χ1) is 12.2. The fourth-order valence-electron chi connectivity index (χ4n) is 2.72. The molecule has 0 bridgehead atoms. The Bertz CT molecular complexity index is 854. The van der Waals surface area contributed by atoms with Gasteiger partial charge in [-0.3, -0.25) is 9.59 Å². The molecular weight excluding hydrogens is 332 g/mol. The third kappa shape index (κ3) is 4.67. The third-order valence-electron chi connectivity index (χ3n) is 3.98. The summed E-state index contributed by atoms with van der Waals surface area (Å²) in [6.45, 7) is 0.933. The molecule has 1 aromatic heterocycles. The van der Waals surface area contributed by atoms with Crippen LogP contribution in [-0.4, -0.2) is 24.9 Å². The maximum absolute atomic E-state index is 11.9. The maximum Gasteiger partial charge on any atom is 0.261 e. The molecule has 0 aliphatic carbocycles. The number of thiophene rings is 1. The second kappa shape index (κ2) is 8.44. The van der Waals surface area contributed by atoms with Crippen LogP contribution < -0.4 is 10.6 Å². The van der Waals surface area contributed by atoms with Gasteiger partial charge in [-0.25, -0.2) is 0 Å². The fraction of sp³-hybridized carbons (Fsp3) is 0.200. The molecule has 0 unspecified atom stereocenters. The smallest absolute Gasteiger partial charge is 0.261 e. The van der Waals surface area contributed by atoms with Crippen molar-refractivity contribution >= 4 is 33.9 Å². The molecule has 128 valence electrons. The largest absolute Gasteiger partial charge is 0.356 e. The molecule has 2 N–H and O–H groups in total. The summed E-state index contributed by atoms with van der Waals surface area (Å²) in [6, 6.07) is 18.1. The van der Waals surface area contributed by atoms with Crippen molar-refractivity contribution in [2.45, 2.75) is 12.8 Å². The summed E-state index contributed by atoms with van der Waals surface area (Å²) >= 11 is 1.39. The summed E-state index contributed by atoms with van der Waals surface area (Å²) in [6.07, 6.45) is 1.07. The highest BCUT2D eigenvalue weighted by Gasteiger charge is 2.07. The summed E-state index contributed by atoms with van der Waals surface area (Å²) in [5, 5.41) is 9.97. The molecule has 3 rings (SSSR count). The monoisotopic (exact) mass is 352 g/mol. The van der Waals surface area contributed by atoms with Gasteiger partial charge in [0.05, 0.1) is 4.88 Å². The lowest BCUT2D eigenvalue weighted by molar-refractivity contribution is -0.120. The molecule has 0 spiro atoms. The van der Waals surface area contributed by atoms with E-state index in [0.717, 1.165) is 6.42 Å². The molecule has 0 aliphatic heterocycles. The van der Waals surface area contributed by atoms with Crippen LogP contribution in [0.4, 0.5) is 0 Å². The number of hydrogen-bond acceptors (Lipinski definition) is 3. The van der Waals surface area contributed by atoms with Gasteiger partial charge in [-0.1, -0.05) is 48.5 Å². The Labute approximate surface area is 150 Å². The molecule has 0 radical (unpaired) electrons. The Kier molecular flexibility index (Phi) is 5.80. The van der Waals surface area contributed by atoms with Crippen molar-refractivity contribution in [3.63, 3.8) is 0 Å². The summed E-state index contributed by atoms with van der Waals surface area (Å²) < 4.78 is 0. The Hall–Kier alpha value is -2.66. The molecule has 1 heterocycles. The van der Waals surface area contributed by atoms with Gasteiger partial charge in [-0.2, -0.15) is 0 Å². The molecule has 0 saturated heterocycles. The highest BCUT2D eigenvalue weighted by molar-refractivity contribution is 7.12. The standard InChI is InChI=1S/C20H20N2O2S/c23-19(11-13-22-20(24)18-9-4-14-25-18)21-12-10-16-7-3-6-15-5-1-2-8-17(15)16/h1-9,14H,10-13H2,(H,21,23)(H,22,24). The first-order valence-corrected chi connectivity index (χ1v) is 9.17. The van der Waals surface area contributed by atoms with Crippen molar-refractivity contribution in [1.82, 2.24) is 10.6 Å². The Morgan fingerprint density at radius 3 is 2.56 bits per heavy atom. The predicted molar refractivity (Wildman–Crippen MR) is 102 cm³/mol. The second-order valence-electron chi connectivity index (χ2n) is 5.72. The van der Waals surface area contributed by atoms with Crippen LogP contribution in [0.5, 0.6) is 0 Å². The van der Waals surface area contributed by atoms with Gasteiger partial charge < -0.3 is 10.6 Å². The predicted octanol–water partition coefficient (Wildman–Crippen LogP) is 3.38. The Morgan fingerprint density at radius 2 is 1.72 bits per heavy atom. The minimum absolute atomic E-state index is 0.0493. The van der Waals surface area contributed by atoms with Gasteiger partial charge in [0.25, 0.3) is 5.91 Å². The lowest BCUT2D eigenvalue weighted by Crippen LogP contribution is -2.31. The lowest BCUT2D eigenvalue weighted by Gasteiger charge is -2.08. The molecule has 2 aromatic carbocycles. The van der Waals surface area contributed by atoms with E-state index in [1.54, 1.807) is 6.07 Å². The zero-order valence-electron chi connectivity index (χ0n) is 13.8. The molecule has 3 aromatic rings. The maximum atomic E-state index is 11.9. The molecule has 4 nitrogen and oxygen atoms in total. The molecule has 5 heteroatoms. The molecule has 0 fully saturated rings. The number of nitrogens with one attached hydrogen (secondary N) is 2. The molecule has 25 heavy (non-hydrogen) atoms. The third-order valence-corrected chi connectivity index (χ3v) is 4.85. The Morgan fingerprint density at radius 1 is 0.880 bits per heavy atom. The zero-order chi connectivity index (χ0) is 17.5. The van der Waals surface area contributed by atoms with E-state index in [4.69, 9.17) is 0 Å². The number of amides is 2. The van der Waals surface area contributed by atoms with E-state index in [9.17, 15) is 9.59 Å². The van der Waals surface area contributed by atoms with E-state index in [1.807, 2.05) is 29.6 Å². The normalized spacial score (nSPS) is 10.6. The van der Waals surface area contributed by atoms with Gasteiger partial charge in [-0.05, 0) is 34.2 Å². The minimum Gasteiger partial charge on any atom is -0.356 e. The quantitative estimate of drug-likeness (QED) is 0.685. The molecule has 0 saturated carbocycles. The zero-order valence-corrected chi connectivity index (χ0v) is 14.6. The van der Waals surface area contributed by atoms with Crippen molar-refractivity contribution in [1.29, 1.82) is 0 Å². The van der Waals surface area contributed by atoms with Crippen LogP contribution in [0.2, 0.25) is 0 Å². The number of rotatable bonds is 7. The Balaban J connectivity index is 1.41. The van der Waals surface area contributed by atoms with Crippen molar-refractivity contribution in [2.75, 3.05) is 13.1 Å². The first-order valence-electron chi connectivity index (χ1n) is 8.29. The summed E-state index contributed by atoms with van der Waals surface area (Å²) in [4.78, 5) is 24.3. The second-order valence-corrected chi connectivity index (χ2v) is 6.67. The van der Waals surface area contributed by atoms with Crippen LogP contribution in [0.1, 0.15) is 21.7 Å². The minimum atomic E-state index is -0.126. The van der Waals surface area contributed by atoms with Gasteiger partial charge in [0.1, 0.15) is 0 Å².